The predicted molar refractivity (Wildman–Crippen MR) is 74.3 cm³/mol. The fourth-order valence-electron chi connectivity index (χ4n) is 3.91. The van der Waals surface area contributed by atoms with Crippen molar-refractivity contribution >= 4 is 5.91 Å². The third-order valence-electron chi connectivity index (χ3n) is 5.01. The summed E-state index contributed by atoms with van der Waals surface area (Å²) in [5, 5.41) is 3.24. The molecule has 0 aromatic heterocycles. The molecule has 19 heavy (non-hydrogen) atoms. The summed E-state index contributed by atoms with van der Waals surface area (Å²) in [5.74, 6) is 0.798. The van der Waals surface area contributed by atoms with Crippen LogP contribution in [0.2, 0.25) is 0 Å². The van der Waals surface area contributed by atoms with Gasteiger partial charge in [-0.1, -0.05) is 6.07 Å². The van der Waals surface area contributed by atoms with E-state index in [1.54, 1.807) is 0 Å². The van der Waals surface area contributed by atoms with Crippen molar-refractivity contribution in [1.82, 2.24) is 10.2 Å². The quantitative estimate of drug-likeness (QED) is 0.872. The minimum atomic E-state index is 0.119. The first-order chi connectivity index (χ1) is 9.29. The molecule has 3 atom stereocenters. The van der Waals surface area contributed by atoms with Crippen molar-refractivity contribution in [2.75, 3.05) is 19.6 Å². The van der Waals surface area contributed by atoms with Gasteiger partial charge in [-0.2, -0.15) is 0 Å². The number of amides is 1. The molecule has 1 amide bonds. The molecular formula is C16H20N2O. The molecule has 1 aliphatic carbocycles. The number of nitrogens with zero attached hydrogens (tertiary/aromatic N) is 1. The van der Waals surface area contributed by atoms with Crippen molar-refractivity contribution in [3.8, 4) is 0 Å². The Hall–Kier alpha value is -1.35. The number of benzene rings is 1. The van der Waals surface area contributed by atoms with Gasteiger partial charge in [0.05, 0.1) is 0 Å². The summed E-state index contributed by atoms with van der Waals surface area (Å²) >= 11 is 0. The van der Waals surface area contributed by atoms with Gasteiger partial charge in [0.1, 0.15) is 0 Å². The van der Waals surface area contributed by atoms with Crippen molar-refractivity contribution < 1.29 is 4.79 Å². The second-order valence-electron chi connectivity index (χ2n) is 6.23. The predicted octanol–water partition coefficient (Wildman–Crippen LogP) is 1.61. The van der Waals surface area contributed by atoms with Gasteiger partial charge < -0.3 is 10.2 Å². The lowest BCUT2D eigenvalue weighted by Crippen LogP contribution is -2.43. The fourth-order valence-corrected chi connectivity index (χ4v) is 3.91. The Morgan fingerprint density at radius 1 is 1.21 bits per heavy atom. The van der Waals surface area contributed by atoms with Crippen LogP contribution in [0, 0.1) is 5.92 Å². The summed E-state index contributed by atoms with van der Waals surface area (Å²) in [6.07, 6.45) is 4.79. The molecule has 2 aliphatic heterocycles. The van der Waals surface area contributed by atoms with Crippen molar-refractivity contribution in [3.63, 3.8) is 0 Å². The van der Waals surface area contributed by atoms with Gasteiger partial charge in [-0.05, 0) is 61.4 Å². The largest absolute Gasteiger partial charge is 0.348 e. The molecule has 2 fully saturated rings. The zero-order chi connectivity index (χ0) is 12.8. The molecule has 1 N–H and O–H groups in total. The van der Waals surface area contributed by atoms with E-state index >= 15 is 0 Å². The van der Waals surface area contributed by atoms with Crippen LogP contribution in [0.15, 0.2) is 18.2 Å². The Bertz CT molecular complexity index is 525. The van der Waals surface area contributed by atoms with Gasteiger partial charge in [-0.25, -0.2) is 0 Å². The molecule has 100 valence electrons. The maximum Gasteiger partial charge on any atom is 0.251 e. The van der Waals surface area contributed by atoms with Crippen LogP contribution in [-0.2, 0) is 12.8 Å². The molecule has 0 radical (unpaired) electrons. The average Bonchev–Trinajstić information content (AvgIpc) is 3.13. The molecule has 1 unspecified atom stereocenters. The summed E-state index contributed by atoms with van der Waals surface area (Å²) in [7, 11) is 0. The molecule has 2 saturated heterocycles. The molecule has 3 aliphatic rings. The smallest absolute Gasteiger partial charge is 0.251 e. The fraction of sp³-hybridized carbons (Fsp3) is 0.562. The van der Waals surface area contributed by atoms with E-state index in [2.05, 4.69) is 22.3 Å². The first kappa shape index (κ1) is 11.5. The van der Waals surface area contributed by atoms with E-state index in [1.165, 1.54) is 43.5 Å². The molecule has 3 nitrogen and oxygen atoms in total. The minimum Gasteiger partial charge on any atom is -0.348 e. The number of hydrogen-bond donors (Lipinski definition) is 1. The van der Waals surface area contributed by atoms with Gasteiger partial charge in [0.25, 0.3) is 5.91 Å². The number of fused-ring (bicyclic) bond motifs is 3. The number of piperidine rings is 1. The number of carbonyl (C=O) groups excluding carboxylic acids is 1. The third kappa shape index (κ3) is 1.96. The van der Waals surface area contributed by atoms with Crippen molar-refractivity contribution in [1.29, 1.82) is 0 Å². The van der Waals surface area contributed by atoms with Crippen LogP contribution in [0.5, 0.6) is 0 Å². The van der Waals surface area contributed by atoms with E-state index in [-0.39, 0.29) is 5.91 Å². The van der Waals surface area contributed by atoms with Crippen LogP contribution in [0.4, 0.5) is 0 Å². The number of nitrogens with one attached hydrogen (secondary N) is 1. The third-order valence-corrected chi connectivity index (χ3v) is 5.01. The summed E-state index contributed by atoms with van der Waals surface area (Å²) in [6, 6.07) is 6.61. The second kappa shape index (κ2) is 4.34. The normalized spacial score (nSPS) is 31.5. The Kier molecular flexibility index (Phi) is 2.62. The van der Waals surface area contributed by atoms with E-state index < -0.39 is 0 Å². The van der Waals surface area contributed by atoms with Gasteiger partial charge >= 0.3 is 0 Å². The van der Waals surface area contributed by atoms with Crippen LogP contribution in [0.25, 0.3) is 0 Å². The molecule has 0 spiro atoms. The summed E-state index contributed by atoms with van der Waals surface area (Å²) < 4.78 is 0. The van der Waals surface area contributed by atoms with E-state index in [9.17, 15) is 4.79 Å². The van der Waals surface area contributed by atoms with Crippen LogP contribution in [0.3, 0.4) is 0 Å². The number of rotatable bonds is 2. The molecule has 1 aromatic carbocycles. The van der Waals surface area contributed by atoms with E-state index in [0.717, 1.165) is 18.5 Å². The number of hydrogen-bond acceptors (Lipinski definition) is 2. The first-order valence-electron chi connectivity index (χ1n) is 7.44. The highest BCUT2D eigenvalue weighted by atomic mass is 16.1. The van der Waals surface area contributed by atoms with Gasteiger partial charge in [-0.3, -0.25) is 4.79 Å². The minimum absolute atomic E-state index is 0.119. The van der Waals surface area contributed by atoms with E-state index in [0.29, 0.717) is 12.0 Å². The Morgan fingerprint density at radius 2 is 2.11 bits per heavy atom. The average molecular weight is 256 g/mol. The number of aryl methyl sites for hydroxylation is 2. The zero-order valence-corrected chi connectivity index (χ0v) is 11.2. The molecule has 3 heteroatoms. The Balaban J connectivity index is 1.48. The lowest BCUT2D eigenvalue weighted by atomic mass is 9.99. The van der Waals surface area contributed by atoms with Crippen LogP contribution >= 0.6 is 0 Å². The van der Waals surface area contributed by atoms with Gasteiger partial charge in [0, 0.05) is 24.7 Å². The zero-order valence-electron chi connectivity index (χ0n) is 11.2. The topological polar surface area (TPSA) is 32.3 Å². The monoisotopic (exact) mass is 256 g/mol. The molecular weight excluding hydrogens is 236 g/mol. The second-order valence-corrected chi connectivity index (χ2v) is 6.23. The highest BCUT2D eigenvalue weighted by Gasteiger charge is 2.38. The highest BCUT2D eigenvalue weighted by Crippen LogP contribution is 2.28. The first-order valence-corrected chi connectivity index (χ1v) is 7.44. The number of carbonyl (C=O) groups is 1. The summed E-state index contributed by atoms with van der Waals surface area (Å²) in [4.78, 5) is 14.8. The van der Waals surface area contributed by atoms with E-state index in [4.69, 9.17) is 0 Å². The lowest BCUT2D eigenvalue weighted by Gasteiger charge is -2.23. The Labute approximate surface area is 114 Å². The van der Waals surface area contributed by atoms with Gasteiger partial charge in [0.15, 0.2) is 0 Å². The van der Waals surface area contributed by atoms with Crippen LogP contribution in [0.1, 0.15) is 34.3 Å². The van der Waals surface area contributed by atoms with Crippen molar-refractivity contribution in [2.24, 2.45) is 5.92 Å². The summed E-state index contributed by atoms with van der Waals surface area (Å²) in [5.41, 5.74) is 3.66. The maximum atomic E-state index is 12.3. The van der Waals surface area contributed by atoms with E-state index in [1.807, 2.05) is 6.07 Å². The van der Waals surface area contributed by atoms with Crippen LogP contribution in [-0.4, -0.2) is 36.5 Å². The van der Waals surface area contributed by atoms with Gasteiger partial charge in [-0.15, -0.1) is 0 Å². The van der Waals surface area contributed by atoms with Crippen molar-refractivity contribution in [3.05, 3.63) is 34.9 Å². The summed E-state index contributed by atoms with van der Waals surface area (Å²) in [6.45, 7) is 3.44. The SMILES string of the molecule is O=C(N[C@H]1CN2CC[C@H]1C2)c1ccc2c(c1)CCC2. The molecule has 4 rings (SSSR count). The Morgan fingerprint density at radius 3 is 2.89 bits per heavy atom. The highest BCUT2D eigenvalue weighted by molar-refractivity contribution is 5.94. The molecule has 2 bridgehead atoms. The van der Waals surface area contributed by atoms with Gasteiger partial charge in [0.2, 0.25) is 0 Å². The lowest BCUT2D eigenvalue weighted by molar-refractivity contribution is 0.0924. The standard InChI is InChI=1S/C16H20N2O/c19-16(17-15-10-18-7-6-14(15)9-18)13-5-4-11-2-1-3-12(11)8-13/h4-5,8,14-15H,1-3,6-7,9-10H2,(H,17,19)/t14-,15-/m0/s1. The molecule has 2 heterocycles. The molecule has 1 aromatic rings. The maximum absolute atomic E-state index is 12.3. The van der Waals surface area contributed by atoms with Crippen molar-refractivity contribution in [2.45, 2.75) is 31.7 Å². The van der Waals surface area contributed by atoms with Crippen LogP contribution < -0.4 is 5.32 Å². The molecule has 0 saturated carbocycles.